The molecular weight excluding hydrogens is 310 g/mol. The maximum Gasteiger partial charge on any atom is 0.312 e. The minimum absolute atomic E-state index is 0.143. The van der Waals surface area contributed by atoms with Gasteiger partial charge in [0, 0.05) is 25.2 Å². The van der Waals surface area contributed by atoms with Crippen molar-refractivity contribution in [3.63, 3.8) is 0 Å². The van der Waals surface area contributed by atoms with E-state index < -0.39 is 0 Å². The molecule has 1 fully saturated rings. The molecule has 3 rings (SSSR count). The third-order valence-corrected chi connectivity index (χ3v) is 3.96. The molecule has 0 amide bonds. The molecule has 0 spiro atoms. The zero-order valence-corrected chi connectivity index (χ0v) is 11.9. The smallest absolute Gasteiger partial charge is 0.312 e. The molecule has 3 heterocycles. The number of rotatable bonds is 2. The second-order valence-electron chi connectivity index (χ2n) is 4.55. The van der Waals surface area contributed by atoms with Crippen molar-refractivity contribution in [2.45, 2.75) is 18.8 Å². The molecule has 2 aromatic rings. The topological polar surface area (TPSA) is 81.1 Å². The quantitative estimate of drug-likeness (QED) is 0.912. The molecule has 1 aliphatic heterocycles. The Balaban J connectivity index is 1.68. The molecule has 0 aliphatic carbocycles. The lowest BCUT2D eigenvalue weighted by atomic mass is 9.97. The van der Waals surface area contributed by atoms with Gasteiger partial charge in [-0.25, -0.2) is 4.98 Å². The summed E-state index contributed by atoms with van der Waals surface area (Å²) in [6.07, 6.45) is 3.74. The number of aromatic nitrogens is 3. The number of nitrogens with zero attached hydrogens (tertiary/aromatic N) is 4. The highest BCUT2D eigenvalue weighted by atomic mass is 79.9. The van der Waals surface area contributed by atoms with Gasteiger partial charge < -0.3 is 15.1 Å². The molecule has 0 aromatic carbocycles. The number of piperidine rings is 1. The molecule has 2 N–H and O–H groups in total. The molecule has 0 bridgehead atoms. The van der Waals surface area contributed by atoms with Crippen LogP contribution in [0.3, 0.4) is 0 Å². The Morgan fingerprint density at radius 2 is 2.11 bits per heavy atom. The van der Waals surface area contributed by atoms with Gasteiger partial charge in [0.25, 0.3) is 0 Å². The van der Waals surface area contributed by atoms with Crippen molar-refractivity contribution in [1.82, 2.24) is 15.2 Å². The first kappa shape index (κ1) is 12.4. The third kappa shape index (κ3) is 2.56. The summed E-state index contributed by atoms with van der Waals surface area (Å²) >= 11 is 3.53. The predicted octanol–water partition coefficient (Wildman–Crippen LogP) is 2.19. The minimum atomic E-state index is 0.143. The van der Waals surface area contributed by atoms with Crippen LogP contribution in [-0.2, 0) is 0 Å². The summed E-state index contributed by atoms with van der Waals surface area (Å²) in [5.41, 5.74) is 5.46. The Bertz CT molecular complexity index is 565. The fourth-order valence-corrected chi connectivity index (χ4v) is 2.87. The van der Waals surface area contributed by atoms with Gasteiger partial charge >= 0.3 is 6.01 Å². The van der Waals surface area contributed by atoms with Crippen LogP contribution in [0.5, 0.6) is 0 Å². The molecule has 7 heteroatoms. The van der Waals surface area contributed by atoms with E-state index in [1.807, 2.05) is 18.3 Å². The Morgan fingerprint density at radius 3 is 2.74 bits per heavy atom. The van der Waals surface area contributed by atoms with Crippen LogP contribution in [0.4, 0.5) is 11.8 Å². The van der Waals surface area contributed by atoms with Crippen molar-refractivity contribution >= 4 is 27.8 Å². The SMILES string of the molecule is Nc1nnc(C2CCN(c3ncccc3Br)CC2)o1. The summed E-state index contributed by atoms with van der Waals surface area (Å²) in [6, 6.07) is 4.07. The van der Waals surface area contributed by atoms with E-state index in [1.165, 1.54) is 0 Å². The largest absolute Gasteiger partial charge is 0.408 e. The van der Waals surface area contributed by atoms with E-state index in [0.717, 1.165) is 36.2 Å². The summed E-state index contributed by atoms with van der Waals surface area (Å²) in [4.78, 5) is 6.68. The molecule has 19 heavy (non-hydrogen) atoms. The van der Waals surface area contributed by atoms with Crippen LogP contribution in [0, 0.1) is 0 Å². The zero-order valence-electron chi connectivity index (χ0n) is 10.3. The van der Waals surface area contributed by atoms with Crippen molar-refractivity contribution in [3.8, 4) is 0 Å². The van der Waals surface area contributed by atoms with Crippen LogP contribution in [0.25, 0.3) is 0 Å². The van der Waals surface area contributed by atoms with Gasteiger partial charge in [-0.05, 0) is 40.9 Å². The molecule has 0 unspecified atom stereocenters. The van der Waals surface area contributed by atoms with Crippen LogP contribution in [0.15, 0.2) is 27.2 Å². The number of halogens is 1. The van der Waals surface area contributed by atoms with Crippen LogP contribution >= 0.6 is 15.9 Å². The van der Waals surface area contributed by atoms with E-state index in [9.17, 15) is 0 Å². The van der Waals surface area contributed by atoms with Crippen molar-refractivity contribution in [1.29, 1.82) is 0 Å². The Morgan fingerprint density at radius 1 is 1.32 bits per heavy atom. The maximum atomic E-state index is 5.46. The molecule has 2 aromatic heterocycles. The van der Waals surface area contributed by atoms with Gasteiger partial charge in [0.05, 0.1) is 4.47 Å². The number of nitrogen functional groups attached to an aromatic ring is 1. The van der Waals surface area contributed by atoms with Gasteiger partial charge in [0.15, 0.2) is 0 Å². The van der Waals surface area contributed by atoms with E-state index in [4.69, 9.17) is 10.2 Å². The average molecular weight is 324 g/mol. The van der Waals surface area contributed by atoms with Crippen molar-refractivity contribution in [3.05, 3.63) is 28.7 Å². The van der Waals surface area contributed by atoms with E-state index in [1.54, 1.807) is 0 Å². The van der Waals surface area contributed by atoms with Crippen molar-refractivity contribution in [2.75, 3.05) is 23.7 Å². The standard InChI is InChI=1S/C12H14BrN5O/c13-9-2-1-5-15-10(9)18-6-3-8(4-7-18)11-16-17-12(14)19-11/h1-2,5,8H,3-4,6-7H2,(H2,14,17). The highest BCUT2D eigenvalue weighted by Crippen LogP contribution is 2.31. The number of anilines is 2. The number of nitrogens with two attached hydrogens (primary N) is 1. The number of pyridine rings is 1. The van der Waals surface area contributed by atoms with Crippen molar-refractivity contribution in [2.24, 2.45) is 0 Å². The summed E-state index contributed by atoms with van der Waals surface area (Å²) in [6.45, 7) is 1.84. The monoisotopic (exact) mass is 323 g/mol. The maximum absolute atomic E-state index is 5.46. The summed E-state index contributed by atoms with van der Waals surface area (Å²) < 4.78 is 6.32. The Hall–Kier alpha value is -1.63. The lowest BCUT2D eigenvalue weighted by Crippen LogP contribution is -2.33. The molecule has 0 radical (unpaired) electrons. The predicted molar refractivity (Wildman–Crippen MR) is 74.8 cm³/mol. The fraction of sp³-hybridized carbons (Fsp3) is 0.417. The fourth-order valence-electron chi connectivity index (χ4n) is 2.36. The van der Waals surface area contributed by atoms with Gasteiger partial charge in [0.1, 0.15) is 5.82 Å². The minimum Gasteiger partial charge on any atom is -0.408 e. The number of hydrogen-bond acceptors (Lipinski definition) is 6. The normalized spacial score (nSPS) is 16.8. The summed E-state index contributed by atoms with van der Waals surface area (Å²) in [5, 5.41) is 7.68. The second-order valence-corrected chi connectivity index (χ2v) is 5.40. The Kier molecular flexibility index (Phi) is 3.37. The third-order valence-electron chi connectivity index (χ3n) is 3.34. The van der Waals surface area contributed by atoms with Crippen LogP contribution in [0.2, 0.25) is 0 Å². The van der Waals surface area contributed by atoms with E-state index >= 15 is 0 Å². The lowest BCUT2D eigenvalue weighted by Gasteiger charge is -2.31. The highest BCUT2D eigenvalue weighted by Gasteiger charge is 2.26. The molecule has 1 saturated heterocycles. The van der Waals surface area contributed by atoms with Crippen LogP contribution in [0.1, 0.15) is 24.7 Å². The lowest BCUT2D eigenvalue weighted by molar-refractivity contribution is 0.399. The first-order valence-electron chi connectivity index (χ1n) is 6.18. The van der Waals surface area contributed by atoms with Gasteiger partial charge in [-0.2, -0.15) is 0 Å². The molecule has 6 nitrogen and oxygen atoms in total. The summed E-state index contributed by atoms with van der Waals surface area (Å²) in [5.74, 6) is 1.94. The van der Waals surface area contributed by atoms with Crippen LogP contribution < -0.4 is 10.6 Å². The first-order valence-corrected chi connectivity index (χ1v) is 6.97. The molecule has 100 valence electrons. The Labute approximate surface area is 119 Å². The highest BCUT2D eigenvalue weighted by molar-refractivity contribution is 9.10. The van der Waals surface area contributed by atoms with E-state index in [-0.39, 0.29) is 6.01 Å². The summed E-state index contributed by atoms with van der Waals surface area (Å²) in [7, 11) is 0. The van der Waals surface area contributed by atoms with Gasteiger partial charge in [-0.1, -0.05) is 5.10 Å². The van der Waals surface area contributed by atoms with Gasteiger partial charge in [-0.3, -0.25) is 0 Å². The zero-order chi connectivity index (χ0) is 13.2. The number of hydrogen-bond donors (Lipinski definition) is 1. The second kappa shape index (κ2) is 5.16. The molecule has 0 saturated carbocycles. The van der Waals surface area contributed by atoms with E-state index in [0.29, 0.717) is 11.8 Å². The average Bonchev–Trinajstić information content (AvgIpc) is 2.86. The van der Waals surface area contributed by atoms with Gasteiger partial charge in [-0.15, -0.1) is 5.10 Å². The molecular formula is C12H14BrN5O. The first-order chi connectivity index (χ1) is 9.24. The molecule has 1 aliphatic rings. The van der Waals surface area contributed by atoms with Crippen molar-refractivity contribution < 1.29 is 4.42 Å². The molecule has 0 atom stereocenters. The van der Waals surface area contributed by atoms with Crippen LogP contribution in [-0.4, -0.2) is 28.3 Å². The van der Waals surface area contributed by atoms with E-state index in [2.05, 4.69) is 36.0 Å². The van der Waals surface area contributed by atoms with Gasteiger partial charge in [0.2, 0.25) is 5.89 Å².